The van der Waals surface area contributed by atoms with Crippen molar-refractivity contribution < 1.29 is 0 Å². The predicted octanol–water partition coefficient (Wildman–Crippen LogP) is 1.33. The van der Waals surface area contributed by atoms with Crippen LogP contribution in [0.15, 0.2) is 29.4 Å². The second-order valence-electron chi connectivity index (χ2n) is 1.80. The van der Waals surface area contributed by atoms with E-state index in [1.165, 1.54) is 0 Å². The minimum atomic E-state index is 0.884. The molecule has 0 bridgehead atoms. The summed E-state index contributed by atoms with van der Waals surface area (Å²) in [5.74, 6) is 0.884. The number of rotatable bonds is 1. The van der Waals surface area contributed by atoms with Crippen molar-refractivity contribution in [2.75, 3.05) is 0 Å². The van der Waals surface area contributed by atoms with E-state index in [0.717, 1.165) is 5.82 Å². The molecule has 0 aliphatic heterocycles. The van der Waals surface area contributed by atoms with Crippen molar-refractivity contribution in [3.63, 3.8) is 0 Å². The summed E-state index contributed by atoms with van der Waals surface area (Å²) in [4.78, 5) is 4.08. The van der Waals surface area contributed by atoms with Gasteiger partial charge in [0.2, 0.25) is 0 Å². The SMILES string of the molecule is c1cnn(-c2cscn2)c1. The molecule has 4 heteroatoms. The van der Waals surface area contributed by atoms with Gasteiger partial charge in [-0.3, -0.25) is 0 Å². The third kappa shape index (κ3) is 0.823. The van der Waals surface area contributed by atoms with Crippen LogP contribution in [-0.2, 0) is 0 Å². The van der Waals surface area contributed by atoms with Crippen LogP contribution in [0.1, 0.15) is 0 Å². The van der Waals surface area contributed by atoms with Crippen molar-refractivity contribution in [3.8, 4) is 5.82 Å². The van der Waals surface area contributed by atoms with Crippen LogP contribution >= 0.6 is 11.3 Å². The normalized spacial score (nSPS) is 10.0. The van der Waals surface area contributed by atoms with Crippen LogP contribution < -0.4 is 0 Å². The van der Waals surface area contributed by atoms with E-state index in [1.54, 1.807) is 27.7 Å². The van der Waals surface area contributed by atoms with E-state index < -0.39 is 0 Å². The van der Waals surface area contributed by atoms with Crippen LogP contribution in [0.4, 0.5) is 0 Å². The number of hydrogen-bond donors (Lipinski definition) is 0. The molecule has 0 fully saturated rings. The summed E-state index contributed by atoms with van der Waals surface area (Å²) in [5, 5.41) is 5.97. The summed E-state index contributed by atoms with van der Waals surface area (Å²) in [6.07, 6.45) is 3.61. The molecule has 2 heterocycles. The number of thiazole rings is 1. The lowest BCUT2D eigenvalue weighted by molar-refractivity contribution is 0.855. The number of nitrogens with zero attached hydrogens (tertiary/aromatic N) is 3. The summed E-state index contributed by atoms with van der Waals surface area (Å²) in [5.41, 5.74) is 1.79. The summed E-state index contributed by atoms with van der Waals surface area (Å²) in [7, 11) is 0. The summed E-state index contributed by atoms with van der Waals surface area (Å²) < 4.78 is 1.73. The fraction of sp³-hybridized carbons (Fsp3) is 0. The molecule has 2 aromatic heterocycles. The molecule has 2 rings (SSSR count). The van der Waals surface area contributed by atoms with E-state index in [4.69, 9.17) is 0 Å². The second-order valence-corrected chi connectivity index (χ2v) is 2.52. The van der Waals surface area contributed by atoms with Crippen LogP contribution in [-0.4, -0.2) is 14.8 Å². The van der Waals surface area contributed by atoms with Gasteiger partial charge < -0.3 is 0 Å². The fourth-order valence-electron chi connectivity index (χ4n) is 0.724. The molecule has 10 heavy (non-hydrogen) atoms. The highest BCUT2D eigenvalue weighted by Gasteiger charge is 1.94. The molecule has 0 N–H and O–H groups in total. The molecule has 0 saturated carbocycles. The van der Waals surface area contributed by atoms with Gasteiger partial charge in [-0.2, -0.15) is 5.10 Å². The van der Waals surface area contributed by atoms with E-state index in [2.05, 4.69) is 10.1 Å². The van der Waals surface area contributed by atoms with Crippen molar-refractivity contribution in [2.24, 2.45) is 0 Å². The maximum atomic E-state index is 4.08. The molecular weight excluding hydrogens is 146 g/mol. The molecule has 0 amide bonds. The smallest absolute Gasteiger partial charge is 0.164 e. The average molecular weight is 151 g/mol. The van der Waals surface area contributed by atoms with E-state index in [9.17, 15) is 0 Å². The monoisotopic (exact) mass is 151 g/mol. The Morgan fingerprint density at radius 2 is 2.50 bits per heavy atom. The standard InChI is InChI=1S/C6H5N3S/c1-2-8-9(3-1)6-4-10-5-7-6/h1-5H. The molecule has 0 atom stereocenters. The zero-order chi connectivity index (χ0) is 6.81. The zero-order valence-electron chi connectivity index (χ0n) is 5.14. The van der Waals surface area contributed by atoms with Crippen molar-refractivity contribution in [2.45, 2.75) is 0 Å². The van der Waals surface area contributed by atoms with Gasteiger partial charge in [0.05, 0.1) is 5.51 Å². The highest BCUT2D eigenvalue weighted by Crippen LogP contribution is 2.04. The zero-order valence-corrected chi connectivity index (χ0v) is 5.95. The maximum absolute atomic E-state index is 4.08. The van der Waals surface area contributed by atoms with Crippen LogP contribution in [0.25, 0.3) is 5.82 Å². The lowest BCUT2D eigenvalue weighted by Crippen LogP contribution is -1.92. The summed E-state index contributed by atoms with van der Waals surface area (Å²) >= 11 is 1.57. The van der Waals surface area contributed by atoms with Gasteiger partial charge in [0, 0.05) is 17.8 Å². The van der Waals surface area contributed by atoms with Gasteiger partial charge in [-0.25, -0.2) is 9.67 Å². The largest absolute Gasteiger partial charge is 0.226 e. The van der Waals surface area contributed by atoms with E-state index in [-0.39, 0.29) is 0 Å². The van der Waals surface area contributed by atoms with Gasteiger partial charge in [-0.15, -0.1) is 11.3 Å². The van der Waals surface area contributed by atoms with Crippen LogP contribution in [0.2, 0.25) is 0 Å². The van der Waals surface area contributed by atoms with Gasteiger partial charge in [0.1, 0.15) is 0 Å². The van der Waals surface area contributed by atoms with E-state index in [0.29, 0.717) is 0 Å². The molecule has 50 valence electrons. The number of hydrogen-bond acceptors (Lipinski definition) is 3. The van der Waals surface area contributed by atoms with Crippen molar-refractivity contribution in [1.82, 2.24) is 14.8 Å². The minimum absolute atomic E-state index is 0.884. The van der Waals surface area contributed by atoms with Crippen LogP contribution in [0.3, 0.4) is 0 Å². The molecule has 0 aromatic carbocycles. The van der Waals surface area contributed by atoms with Crippen LogP contribution in [0.5, 0.6) is 0 Å². The Hall–Kier alpha value is -1.16. The summed E-state index contributed by atoms with van der Waals surface area (Å²) in [6.45, 7) is 0. The first-order valence-corrected chi connectivity index (χ1v) is 3.79. The Balaban J connectivity index is 2.48. The molecule has 0 unspecified atom stereocenters. The van der Waals surface area contributed by atoms with E-state index >= 15 is 0 Å². The average Bonchev–Trinajstić information content (AvgIpc) is 2.59. The lowest BCUT2D eigenvalue weighted by atomic mass is 10.7. The molecule has 0 radical (unpaired) electrons. The Morgan fingerprint density at radius 1 is 1.50 bits per heavy atom. The highest BCUT2D eigenvalue weighted by atomic mass is 32.1. The van der Waals surface area contributed by atoms with Crippen molar-refractivity contribution in [1.29, 1.82) is 0 Å². The third-order valence-electron chi connectivity index (χ3n) is 1.16. The Bertz CT molecular complexity index is 252. The van der Waals surface area contributed by atoms with Crippen LogP contribution in [0, 0.1) is 0 Å². The lowest BCUT2D eigenvalue weighted by Gasteiger charge is -1.90. The van der Waals surface area contributed by atoms with Crippen molar-refractivity contribution >= 4 is 11.3 Å². The molecule has 0 aliphatic carbocycles. The number of aromatic nitrogens is 3. The minimum Gasteiger partial charge on any atom is -0.226 e. The van der Waals surface area contributed by atoms with E-state index in [1.807, 2.05) is 17.6 Å². The first-order valence-electron chi connectivity index (χ1n) is 2.85. The van der Waals surface area contributed by atoms with Gasteiger partial charge in [-0.05, 0) is 6.07 Å². The van der Waals surface area contributed by atoms with Gasteiger partial charge in [-0.1, -0.05) is 0 Å². The molecular formula is C6H5N3S. The highest BCUT2D eigenvalue weighted by molar-refractivity contribution is 7.07. The molecule has 2 aromatic rings. The Morgan fingerprint density at radius 3 is 3.10 bits per heavy atom. The quantitative estimate of drug-likeness (QED) is 0.615. The fourth-order valence-corrected chi connectivity index (χ4v) is 1.24. The van der Waals surface area contributed by atoms with Crippen molar-refractivity contribution in [3.05, 3.63) is 29.4 Å². The first-order chi connectivity index (χ1) is 4.97. The molecule has 0 saturated heterocycles. The second kappa shape index (κ2) is 2.22. The Labute approximate surface area is 62.0 Å². The molecule has 3 nitrogen and oxygen atoms in total. The maximum Gasteiger partial charge on any atom is 0.164 e. The topological polar surface area (TPSA) is 30.7 Å². The summed E-state index contributed by atoms with van der Waals surface area (Å²) in [6, 6.07) is 1.87. The molecule has 0 aliphatic rings. The van der Waals surface area contributed by atoms with Gasteiger partial charge >= 0.3 is 0 Å². The van der Waals surface area contributed by atoms with Gasteiger partial charge in [0.15, 0.2) is 5.82 Å². The Kier molecular flexibility index (Phi) is 1.25. The predicted molar refractivity (Wildman–Crippen MR) is 39.2 cm³/mol. The van der Waals surface area contributed by atoms with Gasteiger partial charge in [0.25, 0.3) is 0 Å². The third-order valence-corrected chi connectivity index (χ3v) is 1.73. The first kappa shape index (κ1) is 5.61. The molecule has 0 spiro atoms.